The van der Waals surface area contributed by atoms with E-state index in [1.165, 1.54) is 0 Å². The zero-order chi connectivity index (χ0) is 14.4. The Morgan fingerprint density at radius 1 is 0.850 bits per heavy atom. The molecule has 0 heterocycles. The lowest BCUT2D eigenvalue weighted by atomic mass is 10.0. The second-order valence-electron chi connectivity index (χ2n) is 4.95. The summed E-state index contributed by atoms with van der Waals surface area (Å²) >= 11 is 0. The summed E-state index contributed by atoms with van der Waals surface area (Å²) < 4.78 is 0. The first-order chi connectivity index (χ1) is 9.66. The molecule has 0 fully saturated rings. The van der Waals surface area contributed by atoms with Crippen LogP contribution in [-0.4, -0.2) is 11.6 Å². The van der Waals surface area contributed by atoms with E-state index in [9.17, 15) is 9.59 Å². The van der Waals surface area contributed by atoms with Gasteiger partial charge in [-0.1, -0.05) is 54.6 Å². The zero-order valence-corrected chi connectivity index (χ0v) is 11.6. The van der Waals surface area contributed by atoms with Crippen LogP contribution in [0, 0.1) is 0 Å². The smallest absolute Gasteiger partial charge is 0.193 e. The highest BCUT2D eigenvalue weighted by Crippen LogP contribution is 2.12. The lowest BCUT2D eigenvalue weighted by Crippen LogP contribution is -2.01. The molecule has 0 aliphatic carbocycles. The molecule has 0 aromatic heterocycles. The SMILES string of the molecule is CC(=O)CCCc1ccc(C(=O)c2ccccc2)cc1. The van der Waals surface area contributed by atoms with E-state index in [1.54, 1.807) is 6.92 Å². The Labute approximate surface area is 119 Å². The maximum absolute atomic E-state index is 12.2. The van der Waals surface area contributed by atoms with E-state index in [1.807, 2.05) is 54.6 Å². The van der Waals surface area contributed by atoms with Gasteiger partial charge in [-0.15, -0.1) is 0 Å². The lowest BCUT2D eigenvalue weighted by molar-refractivity contribution is -0.117. The van der Waals surface area contributed by atoms with E-state index in [4.69, 9.17) is 0 Å². The first-order valence-electron chi connectivity index (χ1n) is 6.85. The minimum absolute atomic E-state index is 0.0425. The van der Waals surface area contributed by atoms with Gasteiger partial charge in [-0.2, -0.15) is 0 Å². The van der Waals surface area contributed by atoms with Crippen molar-refractivity contribution in [3.63, 3.8) is 0 Å². The van der Waals surface area contributed by atoms with Gasteiger partial charge in [0.05, 0.1) is 0 Å². The van der Waals surface area contributed by atoms with Crippen molar-refractivity contribution in [1.29, 1.82) is 0 Å². The number of Topliss-reactive ketones (excluding diaryl/α,β-unsaturated/α-hetero) is 1. The Hall–Kier alpha value is -2.22. The average Bonchev–Trinajstić information content (AvgIpc) is 2.48. The minimum atomic E-state index is 0.0425. The van der Waals surface area contributed by atoms with Gasteiger partial charge < -0.3 is 4.79 Å². The molecule has 0 atom stereocenters. The van der Waals surface area contributed by atoms with E-state index in [0.29, 0.717) is 17.5 Å². The molecule has 2 rings (SSSR count). The molecule has 2 aromatic carbocycles. The van der Waals surface area contributed by atoms with Crippen molar-refractivity contribution in [2.45, 2.75) is 26.2 Å². The van der Waals surface area contributed by atoms with E-state index in [-0.39, 0.29) is 11.6 Å². The van der Waals surface area contributed by atoms with E-state index >= 15 is 0 Å². The third-order valence-corrected chi connectivity index (χ3v) is 3.25. The summed E-state index contributed by atoms with van der Waals surface area (Å²) in [6.45, 7) is 1.61. The van der Waals surface area contributed by atoms with Gasteiger partial charge in [-0.05, 0) is 25.3 Å². The monoisotopic (exact) mass is 266 g/mol. The number of benzene rings is 2. The van der Waals surface area contributed by atoms with Gasteiger partial charge in [0.1, 0.15) is 5.78 Å². The van der Waals surface area contributed by atoms with Crippen molar-refractivity contribution in [1.82, 2.24) is 0 Å². The number of hydrogen-bond donors (Lipinski definition) is 0. The number of rotatable bonds is 6. The quantitative estimate of drug-likeness (QED) is 0.745. The Morgan fingerprint density at radius 3 is 2.05 bits per heavy atom. The summed E-state index contributed by atoms with van der Waals surface area (Å²) in [4.78, 5) is 23.1. The molecule has 0 bridgehead atoms. The number of ketones is 2. The van der Waals surface area contributed by atoms with Crippen LogP contribution in [0.1, 0.15) is 41.3 Å². The molecule has 0 amide bonds. The van der Waals surface area contributed by atoms with Crippen LogP contribution in [0.2, 0.25) is 0 Å². The largest absolute Gasteiger partial charge is 0.300 e. The fourth-order valence-corrected chi connectivity index (χ4v) is 2.12. The number of aryl methyl sites for hydroxylation is 1. The normalized spacial score (nSPS) is 10.2. The second kappa shape index (κ2) is 6.80. The van der Waals surface area contributed by atoms with E-state index < -0.39 is 0 Å². The van der Waals surface area contributed by atoms with Gasteiger partial charge >= 0.3 is 0 Å². The molecule has 0 N–H and O–H groups in total. The highest BCUT2D eigenvalue weighted by molar-refractivity contribution is 6.08. The van der Waals surface area contributed by atoms with Gasteiger partial charge in [-0.25, -0.2) is 0 Å². The van der Waals surface area contributed by atoms with Crippen LogP contribution < -0.4 is 0 Å². The molecule has 0 saturated heterocycles. The molecule has 2 nitrogen and oxygen atoms in total. The molecule has 2 aromatic rings. The molecule has 0 aliphatic heterocycles. The van der Waals surface area contributed by atoms with Crippen LogP contribution >= 0.6 is 0 Å². The van der Waals surface area contributed by atoms with Gasteiger partial charge in [0.2, 0.25) is 0 Å². The van der Waals surface area contributed by atoms with Gasteiger partial charge in [0.15, 0.2) is 5.78 Å². The third-order valence-electron chi connectivity index (χ3n) is 3.25. The van der Waals surface area contributed by atoms with Crippen LogP contribution in [0.3, 0.4) is 0 Å². The van der Waals surface area contributed by atoms with Crippen molar-refractivity contribution in [2.75, 3.05) is 0 Å². The molecular formula is C18H18O2. The van der Waals surface area contributed by atoms with E-state index in [0.717, 1.165) is 18.4 Å². The standard InChI is InChI=1S/C18H18O2/c1-14(19)6-5-7-15-10-12-17(13-11-15)18(20)16-8-3-2-4-9-16/h2-4,8-13H,5-7H2,1H3. The summed E-state index contributed by atoms with van der Waals surface area (Å²) in [5.41, 5.74) is 2.57. The topological polar surface area (TPSA) is 34.1 Å². The van der Waals surface area contributed by atoms with Crippen LogP contribution in [0.5, 0.6) is 0 Å². The summed E-state index contributed by atoms with van der Waals surface area (Å²) in [5, 5.41) is 0. The molecule has 0 aliphatic rings. The summed E-state index contributed by atoms with van der Waals surface area (Å²) in [5.74, 6) is 0.266. The highest BCUT2D eigenvalue weighted by atomic mass is 16.1. The van der Waals surface area contributed by atoms with Gasteiger partial charge in [0, 0.05) is 17.5 Å². The first kappa shape index (κ1) is 14.2. The molecule has 0 spiro atoms. The van der Waals surface area contributed by atoms with Crippen LogP contribution in [0.25, 0.3) is 0 Å². The molecule has 0 saturated carbocycles. The fourth-order valence-electron chi connectivity index (χ4n) is 2.12. The third kappa shape index (κ3) is 3.89. The van der Waals surface area contributed by atoms with Crippen molar-refractivity contribution < 1.29 is 9.59 Å². The minimum Gasteiger partial charge on any atom is -0.300 e. The molecule has 0 unspecified atom stereocenters. The fraction of sp³-hybridized carbons (Fsp3) is 0.222. The Morgan fingerprint density at radius 2 is 1.45 bits per heavy atom. The second-order valence-corrected chi connectivity index (χ2v) is 4.95. The Balaban J connectivity index is 2.01. The Kier molecular flexibility index (Phi) is 4.83. The Bertz CT molecular complexity index is 583. The van der Waals surface area contributed by atoms with Crippen molar-refractivity contribution in [3.05, 3.63) is 71.3 Å². The summed E-state index contributed by atoms with van der Waals surface area (Å²) in [6.07, 6.45) is 2.35. The van der Waals surface area contributed by atoms with Crippen molar-refractivity contribution in [2.24, 2.45) is 0 Å². The molecule has 102 valence electrons. The van der Waals surface area contributed by atoms with Gasteiger partial charge in [-0.3, -0.25) is 4.79 Å². The lowest BCUT2D eigenvalue weighted by Gasteiger charge is -2.04. The van der Waals surface area contributed by atoms with Crippen LogP contribution in [0.4, 0.5) is 0 Å². The molecule has 0 radical (unpaired) electrons. The summed E-state index contributed by atoms with van der Waals surface area (Å²) in [6, 6.07) is 16.9. The highest BCUT2D eigenvalue weighted by Gasteiger charge is 2.07. The number of carbonyl (C=O) groups excluding carboxylic acids is 2. The van der Waals surface area contributed by atoms with Crippen LogP contribution in [-0.2, 0) is 11.2 Å². The van der Waals surface area contributed by atoms with E-state index in [2.05, 4.69) is 0 Å². The molecule has 2 heteroatoms. The van der Waals surface area contributed by atoms with Crippen molar-refractivity contribution in [3.8, 4) is 0 Å². The average molecular weight is 266 g/mol. The molecule has 20 heavy (non-hydrogen) atoms. The van der Waals surface area contributed by atoms with Crippen LogP contribution in [0.15, 0.2) is 54.6 Å². The zero-order valence-electron chi connectivity index (χ0n) is 11.6. The molecular weight excluding hydrogens is 248 g/mol. The predicted octanol–water partition coefficient (Wildman–Crippen LogP) is 3.83. The van der Waals surface area contributed by atoms with Gasteiger partial charge in [0.25, 0.3) is 0 Å². The number of carbonyl (C=O) groups is 2. The maximum atomic E-state index is 12.2. The summed E-state index contributed by atoms with van der Waals surface area (Å²) in [7, 11) is 0. The number of hydrogen-bond acceptors (Lipinski definition) is 2. The van der Waals surface area contributed by atoms with Crippen molar-refractivity contribution >= 4 is 11.6 Å². The predicted molar refractivity (Wildman–Crippen MR) is 79.9 cm³/mol. The maximum Gasteiger partial charge on any atom is 0.193 e. The first-order valence-corrected chi connectivity index (χ1v) is 6.85.